The monoisotopic (exact) mass is 348 g/mol. The van der Waals surface area contributed by atoms with Crippen molar-refractivity contribution >= 4 is 44.2 Å². The first-order valence-corrected chi connectivity index (χ1v) is 7.63. The number of hydrogen-bond donors (Lipinski definition) is 2. The molecule has 0 radical (unpaired) electrons. The van der Waals surface area contributed by atoms with Crippen LogP contribution in [0.4, 0.5) is 0 Å². The molecule has 2 aromatic heterocycles. The average molecular weight is 349 g/mol. The van der Waals surface area contributed by atoms with E-state index in [0.29, 0.717) is 9.36 Å². The number of rotatable bonds is 2. The van der Waals surface area contributed by atoms with Crippen molar-refractivity contribution in [2.45, 2.75) is 5.09 Å². The highest BCUT2D eigenvalue weighted by Gasteiger charge is 2.25. The topological polar surface area (TPSA) is 105 Å². The highest BCUT2D eigenvalue weighted by atomic mass is 35.5. The maximum atomic E-state index is 12.3. The van der Waals surface area contributed by atoms with E-state index in [1.807, 2.05) is 4.98 Å². The Balaban J connectivity index is 2.27. The van der Waals surface area contributed by atoms with Gasteiger partial charge in [0.1, 0.15) is 5.58 Å². The van der Waals surface area contributed by atoms with Gasteiger partial charge in [-0.2, -0.15) is 12.4 Å². The van der Waals surface area contributed by atoms with Crippen LogP contribution in [0.5, 0.6) is 5.88 Å². The van der Waals surface area contributed by atoms with Crippen molar-refractivity contribution in [1.82, 2.24) is 8.96 Å². The van der Waals surface area contributed by atoms with Crippen LogP contribution >= 0.6 is 23.2 Å². The molecule has 0 fully saturated rings. The molecular weight excluding hydrogens is 343 g/mol. The lowest BCUT2D eigenvalue weighted by Gasteiger charge is -1.98. The Morgan fingerprint density at radius 2 is 1.95 bits per heavy atom. The standard InChI is InChI=1S/C11H6Cl2N2O5S/c12-5-1-7(13)6-3-10(20-8(6)2-5)21(18,19)15-4-9(16)14-11(15)17/h1-4,16H,(H,14,17). The summed E-state index contributed by atoms with van der Waals surface area (Å²) in [6.07, 6.45) is 0.736. The van der Waals surface area contributed by atoms with E-state index in [4.69, 9.17) is 32.7 Å². The van der Waals surface area contributed by atoms with Gasteiger partial charge in [-0.25, -0.2) is 4.79 Å². The second-order valence-electron chi connectivity index (χ2n) is 4.11. The summed E-state index contributed by atoms with van der Waals surface area (Å²) in [5.41, 5.74) is -0.851. The van der Waals surface area contributed by atoms with Gasteiger partial charge >= 0.3 is 15.7 Å². The van der Waals surface area contributed by atoms with Crippen molar-refractivity contribution in [3.63, 3.8) is 0 Å². The number of nitrogens with zero attached hydrogens (tertiary/aromatic N) is 1. The second-order valence-corrected chi connectivity index (χ2v) is 6.70. The fourth-order valence-corrected chi connectivity index (χ4v) is 3.50. The highest BCUT2D eigenvalue weighted by Crippen LogP contribution is 2.32. The van der Waals surface area contributed by atoms with Crippen LogP contribution in [0.25, 0.3) is 11.0 Å². The molecule has 0 saturated carbocycles. The number of nitrogens with one attached hydrogen (secondary N) is 1. The number of aromatic amines is 1. The predicted molar refractivity (Wildman–Crippen MR) is 75.5 cm³/mol. The van der Waals surface area contributed by atoms with Crippen LogP contribution in [0.2, 0.25) is 10.0 Å². The number of furan rings is 1. The van der Waals surface area contributed by atoms with Crippen molar-refractivity contribution in [1.29, 1.82) is 0 Å². The first-order valence-electron chi connectivity index (χ1n) is 5.44. The molecule has 10 heteroatoms. The summed E-state index contributed by atoms with van der Waals surface area (Å²) in [5.74, 6) is -0.583. The Bertz CT molecular complexity index is 1020. The van der Waals surface area contributed by atoms with Gasteiger partial charge in [-0.3, -0.25) is 4.98 Å². The van der Waals surface area contributed by atoms with Crippen molar-refractivity contribution < 1.29 is 17.9 Å². The van der Waals surface area contributed by atoms with Crippen LogP contribution in [0.15, 0.2) is 38.7 Å². The number of H-pyrrole nitrogens is 1. The number of aromatic nitrogens is 2. The molecule has 1 aromatic carbocycles. The molecule has 0 spiro atoms. The molecule has 0 aliphatic rings. The van der Waals surface area contributed by atoms with Gasteiger partial charge < -0.3 is 9.52 Å². The summed E-state index contributed by atoms with van der Waals surface area (Å²) in [5, 5.41) is 9.49. The van der Waals surface area contributed by atoms with E-state index in [2.05, 4.69) is 0 Å². The molecule has 3 aromatic rings. The smallest absolute Gasteiger partial charge is 0.342 e. The number of fused-ring (bicyclic) bond motifs is 1. The fourth-order valence-electron chi connectivity index (χ4n) is 1.81. The average Bonchev–Trinajstić information content (AvgIpc) is 2.93. The molecule has 110 valence electrons. The van der Waals surface area contributed by atoms with Gasteiger partial charge in [-0.15, -0.1) is 0 Å². The number of benzene rings is 1. The van der Waals surface area contributed by atoms with Crippen LogP contribution < -0.4 is 5.69 Å². The molecule has 21 heavy (non-hydrogen) atoms. The largest absolute Gasteiger partial charge is 0.493 e. The van der Waals surface area contributed by atoms with Crippen LogP contribution in [0, 0.1) is 0 Å². The second kappa shape index (κ2) is 4.55. The van der Waals surface area contributed by atoms with Gasteiger partial charge in [-0.1, -0.05) is 23.2 Å². The molecule has 0 atom stereocenters. The van der Waals surface area contributed by atoms with Gasteiger partial charge in [0.15, 0.2) is 0 Å². The quantitative estimate of drug-likeness (QED) is 0.738. The molecular formula is C11H6Cl2N2O5S. The maximum Gasteiger partial charge on any atom is 0.342 e. The Labute approximate surface area is 127 Å². The van der Waals surface area contributed by atoms with E-state index in [9.17, 15) is 13.2 Å². The molecule has 2 N–H and O–H groups in total. The first kappa shape index (κ1) is 14.1. The van der Waals surface area contributed by atoms with E-state index < -0.39 is 26.7 Å². The number of hydrogen-bond acceptors (Lipinski definition) is 5. The summed E-state index contributed by atoms with van der Waals surface area (Å²) in [6.45, 7) is 0. The van der Waals surface area contributed by atoms with Crippen LogP contribution in [0.3, 0.4) is 0 Å². The Kier molecular flexibility index (Phi) is 3.05. The molecule has 0 unspecified atom stereocenters. The van der Waals surface area contributed by atoms with E-state index in [1.165, 1.54) is 18.2 Å². The molecule has 0 amide bonds. The summed E-state index contributed by atoms with van der Waals surface area (Å²) in [4.78, 5) is 13.4. The van der Waals surface area contributed by atoms with Gasteiger partial charge in [-0.05, 0) is 6.07 Å². The molecule has 7 nitrogen and oxygen atoms in total. The zero-order valence-corrected chi connectivity index (χ0v) is 12.3. The highest BCUT2D eigenvalue weighted by molar-refractivity contribution is 7.89. The first-order chi connectivity index (χ1) is 9.79. The van der Waals surface area contributed by atoms with Crippen molar-refractivity contribution in [2.75, 3.05) is 0 Å². The number of halogens is 2. The maximum absolute atomic E-state index is 12.3. The minimum absolute atomic E-state index is 0.166. The normalized spacial score (nSPS) is 12.1. The van der Waals surface area contributed by atoms with Crippen LogP contribution in [-0.2, 0) is 10.0 Å². The minimum atomic E-state index is -4.30. The SMILES string of the molecule is O=c1[nH]c(O)cn1S(=O)(=O)c1cc2c(Cl)cc(Cl)cc2o1. The lowest BCUT2D eigenvalue weighted by molar-refractivity contribution is 0.455. The summed E-state index contributed by atoms with van der Waals surface area (Å²) in [6, 6.07) is 4.02. The van der Waals surface area contributed by atoms with E-state index in [-0.39, 0.29) is 15.6 Å². The summed E-state index contributed by atoms with van der Waals surface area (Å²) >= 11 is 11.8. The molecule has 0 aliphatic heterocycles. The van der Waals surface area contributed by atoms with Crippen LogP contribution in [-0.4, -0.2) is 22.5 Å². The predicted octanol–water partition coefficient (Wildman–Crippen LogP) is 2.17. The summed E-state index contributed by atoms with van der Waals surface area (Å²) in [7, 11) is -4.30. The third-order valence-electron chi connectivity index (χ3n) is 2.72. The molecule has 0 saturated heterocycles. The third kappa shape index (κ3) is 2.21. The van der Waals surface area contributed by atoms with E-state index in [0.717, 1.165) is 6.20 Å². The molecule has 0 bridgehead atoms. The van der Waals surface area contributed by atoms with E-state index >= 15 is 0 Å². The fraction of sp³-hybridized carbons (Fsp3) is 0. The molecule has 3 rings (SSSR count). The van der Waals surface area contributed by atoms with Crippen molar-refractivity contribution in [3.8, 4) is 5.88 Å². The third-order valence-corrected chi connectivity index (χ3v) is 4.75. The lowest BCUT2D eigenvalue weighted by atomic mass is 10.2. The Morgan fingerprint density at radius 3 is 2.57 bits per heavy atom. The zero-order valence-electron chi connectivity index (χ0n) is 10.0. The van der Waals surface area contributed by atoms with Crippen LogP contribution in [0.1, 0.15) is 0 Å². The Hall–Kier alpha value is -1.90. The molecule has 0 aliphatic carbocycles. The minimum Gasteiger partial charge on any atom is -0.493 e. The van der Waals surface area contributed by atoms with Gasteiger partial charge in [0.2, 0.25) is 11.0 Å². The van der Waals surface area contributed by atoms with E-state index in [1.54, 1.807) is 0 Å². The zero-order chi connectivity index (χ0) is 15.4. The van der Waals surface area contributed by atoms with Gasteiger partial charge in [0, 0.05) is 22.5 Å². The van der Waals surface area contributed by atoms with Gasteiger partial charge in [0.25, 0.3) is 0 Å². The lowest BCUT2D eigenvalue weighted by Crippen LogP contribution is -2.24. The Morgan fingerprint density at radius 1 is 1.24 bits per heavy atom. The number of imidazole rings is 1. The molecule has 2 heterocycles. The van der Waals surface area contributed by atoms with Crippen molar-refractivity contribution in [3.05, 3.63) is 44.9 Å². The summed E-state index contributed by atoms with van der Waals surface area (Å²) < 4.78 is 30.1. The van der Waals surface area contributed by atoms with Crippen molar-refractivity contribution in [2.24, 2.45) is 0 Å². The number of aromatic hydroxyl groups is 1. The van der Waals surface area contributed by atoms with Gasteiger partial charge in [0.05, 0.1) is 11.2 Å².